The lowest BCUT2D eigenvalue weighted by Crippen LogP contribution is -2.04. The number of nitrogens with zero attached hydrogens (tertiary/aromatic N) is 7. The highest BCUT2D eigenvalue weighted by atomic mass is 79.9. The summed E-state index contributed by atoms with van der Waals surface area (Å²) in [6.07, 6.45) is 1.79. The van der Waals surface area contributed by atoms with Crippen LogP contribution in [0.15, 0.2) is 94.6 Å². The minimum atomic E-state index is 0.463. The van der Waals surface area contributed by atoms with Crippen LogP contribution in [0.5, 0.6) is 0 Å². The number of hydrogen-bond acceptors (Lipinski definition) is 6. The summed E-state index contributed by atoms with van der Waals surface area (Å²) in [6.45, 7) is 0.463. The molecule has 7 nitrogen and oxygen atoms in total. The molecule has 34 heavy (non-hydrogen) atoms. The maximum absolute atomic E-state index is 8.99. The molecule has 5 aromatic rings. The zero-order valence-electron chi connectivity index (χ0n) is 17.9. The number of benzene rings is 3. The average molecular weight is 528 g/mol. The van der Waals surface area contributed by atoms with Gasteiger partial charge in [0, 0.05) is 10.2 Å². The van der Waals surface area contributed by atoms with Crippen LogP contribution in [0.1, 0.15) is 16.7 Å². The molecule has 0 fully saturated rings. The van der Waals surface area contributed by atoms with Gasteiger partial charge in [-0.3, -0.25) is 0 Å². The molecule has 0 unspecified atom stereocenters. The molecule has 2 aromatic heterocycles. The standard InChI is InChI=1S/C25H18BrN7S/c26-21-7-4-8-22(13-21)33-25(34-17-20-5-2-1-3-6-20)23(15-28-33)24-29-31-32(30-24)16-19-11-9-18(14-27)10-12-19/h1-13,15H,16-17H2. The van der Waals surface area contributed by atoms with Gasteiger partial charge in [-0.05, 0) is 46.7 Å². The minimum Gasteiger partial charge on any atom is -0.226 e. The highest BCUT2D eigenvalue weighted by Crippen LogP contribution is 2.34. The van der Waals surface area contributed by atoms with Crippen LogP contribution in [-0.4, -0.2) is 30.0 Å². The SMILES string of the molecule is N#Cc1ccc(Cn2nnc(-c3cnn(-c4cccc(Br)c4)c3SCc3ccccc3)n2)cc1. The molecule has 2 heterocycles. The topological polar surface area (TPSA) is 85.2 Å². The molecule has 0 atom stereocenters. The molecule has 0 aliphatic heterocycles. The zero-order valence-corrected chi connectivity index (χ0v) is 20.3. The van der Waals surface area contributed by atoms with Gasteiger partial charge in [0.25, 0.3) is 0 Å². The fourth-order valence-electron chi connectivity index (χ4n) is 3.41. The highest BCUT2D eigenvalue weighted by Gasteiger charge is 2.19. The van der Waals surface area contributed by atoms with Crippen LogP contribution in [0.2, 0.25) is 0 Å². The number of hydrogen-bond donors (Lipinski definition) is 0. The van der Waals surface area contributed by atoms with E-state index in [-0.39, 0.29) is 0 Å². The Bertz CT molecular complexity index is 1450. The van der Waals surface area contributed by atoms with Gasteiger partial charge in [0.2, 0.25) is 5.82 Å². The lowest BCUT2D eigenvalue weighted by Gasteiger charge is -2.09. The van der Waals surface area contributed by atoms with Gasteiger partial charge in [0.05, 0.1) is 35.6 Å². The average Bonchev–Trinajstić information content (AvgIpc) is 3.51. The van der Waals surface area contributed by atoms with Crippen molar-refractivity contribution in [3.05, 3.63) is 106 Å². The maximum Gasteiger partial charge on any atom is 0.209 e. The van der Waals surface area contributed by atoms with Gasteiger partial charge >= 0.3 is 0 Å². The fourth-order valence-corrected chi connectivity index (χ4v) is 4.87. The van der Waals surface area contributed by atoms with E-state index in [0.717, 1.165) is 32.1 Å². The monoisotopic (exact) mass is 527 g/mol. The molecule has 0 N–H and O–H groups in total. The molecule has 5 rings (SSSR count). The Kier molecular flexibility index (Phi) is 6.51. The van der Waals surface area contributed by atoms with Crippen LogP contribution < -0.4 is 0 Å². The number of thioether (sulfide) groups is 1. The van der Waals surface area contributed by atoms with Crippen LogP contribution in [0.4, 0.5) is 0 Å². The number of tetrazole rings is 1. The third-order valence-electron chi connectivity index (χ3n) is 5.10. The Morgan fingerprint density at radius 2 is 1.76 bits per heavy atom. The second-order valence-electron chi connectivity index (χ2n) is 7.48. The smallest absolute Gasteiger partial charge is 0.209 e. The molecular weight excluding hydrogens is 510 g/mol. The largest absolute Gasteiger partial charge is 0.226 e. The lowest BCUT2D eigenvalue weighted by atomic mass is 10.1. The second-order valence-corrected chi connectivity index (χ2v) is 9.36. The van der Waals surface area contributed by atoms with Gasteiger partial charge in [0.15, 0.2) is 0 Å². The number of rotatable bonds is 7. The van der Waals surface area contributed by atoms with E-state index in [9.17, 15) is 0 Å². The van der Waals surface area contributed by atoms with Crippen molar-refractivity contribution < 1.29 is 0 Å². The number of aromatic nitrogens is 6. The predicted octanol–water partition coefficient (Wildman–Crippen LogP) is 5.50. The van der Waals surface area contributed by atoms with Gasteiger partial charge in [-0.2, -0.15) is 15.2 Å². The molecule has 9 heteroatoms. The van der Waals surface area contributed by atoms with Gasteiger partial charge in [-0.15, -0.1) is 22.0 Å². The third-order valence-corrected chi connectivity index (χ3v) is 6.73. The van der Waals surface area contributed by atoms with Crippen molar-refractivity contribution in [2.24, 2.45) is 0 Å². The molecule has 166 valence electrons. The molecule has 0 bridgehead atoms. The quantitative estimate of drug-likeness (QED) is 0.260. The Balaban J connectivity index is 1.46. The molecule has 3 aromatic carbocycles. The van der Waals surface area contributed by atoms with E-state index < -0.39 is 0 Å². The third kappa shape index (κ3) is 4.93. The van der Waals surface area contributed by atoms with E-state index in [1.165, 1.54) is 5.56 Å². The van der Waals surface area contributed by atoms with Crippen molar-refractivity contribution in [1.29, 1.82) is 5.26 Å². The van der Waals surface area contributed by atoms with E-state index >= 15 is 0 Å². The van der Waals surface area contributed by atoms with Gasteiger partial charge in [-0.1, -0.05) is 64.5 Å². The van der Waals surface area contributed by atoms with Crippen LogP contribution in [0.25, 0.3) is 17.1 Å². The van der Waals surface area contributed by atoms with Gasteiger partial charge < -0.3 is 0 Å². The Hall–Kier alpha value is -3.74. The molecule has 0 aliphatic rings. The van der Waals surface area contributed by atoms with Crippen molar-refractivity contribution in [3.8, 4) is 23.1 Å². The molecule has 0 amide bonds. The van der Waals surface area contributed by atoms with E-state index in [1.54, 1.807) is 34.9 Å². The summed E-state index contributed by atoms with van der Waals surface area (Å²) in [5.74, 6) is 1.30. The second kappa shape index (κ2) is 10.0. The predicted molar refractivity (Wildman–Crippen MR) is 134 cm³/mol. The van der Waals surface area contributed by atoms with Gasteiger partial charge in [0.1, 0.15) is 5.03 Å². The summed E-state index contributed by atoms with van der Waals surface area (Å²) in [5, 5.41) is 27.8. The minimum absolute atomic E-state index is 0.463. The first kappa shape index (κ1) is 22.1. The first-order chi connectivity index (χ1) is 16.7. The van der Waals surface area contributed by atoms with E-state index in [2.05, 4.69) is 54.6 Å². The fraction of sp³-hybridized carbons (Fsp3) is 0.0800. The molecule has 0 aliphatic carbocycles. The van der Waals surface area contributed by atoms with E-state index in [4.69, 9.17) is 5.26 Å². The molecule has 0 radical (unpaired) electrons. The van der Waals surface area contributed by atoms with Crippen LogP contribution in [0, 0.1) is 11.3 Å². The lowest BCUT2D eigenvalue weighted by molar-refractivity contribution is 0.573. The van der Waals surface area contributed by atoms with Crippen LogP contribution >= 0.6 is 27.7 Å². The summed E-state index contributed by atoms with van der Waals surface area (Å²) in [5.41, 5.74) is 4.61. The summed E-state index contributed by atoms with van der Waals surface area (Å²) in [6, 6.07) is 27.8. The Morgan fingerprint density at radius 3 is 2.53 bits per heavy atom. The van der Waals surface area contributed by atoms with Crippen molar-refractivity contribution in [2.45, 2.75) is 17.3 Å². The number of halogens is 1. The molecular formula is C25H18BrN7S. The maximum atomic E-state index is 8.99. The zero-order chi connectivity index (χ0) is 23.3. The summed E-state index contributed by atoms with van der Waals surface area (Å²) in [4.78, 5) is 1.55. The highest BCUT2D eigenvalue weighted by molar-refractivity contribution is 9.10. The summed E-state index contributed by atoms with van der Waals surface area (Å²) >= 11 is 5.24. The van der Waals surface area contributed by atoms with E-state index in [0.29, 0.717) is 17.9 Å². The Labute approximate surface area is 209 Å². The van der Waals surface area contributed by atoms with Crippen LogP contribution in [-0.2, 0) is 12.3 Å². The van der Waals surface area contributed by atoms with Crippen molar-refractivity contribution in [2.75, 3.05) is 0 Å². The van der Waals surface area contributed by atoms with Crippen molar-refractivity contribution >= 4 is 27.7 Å². The molecule has 0 saturated heterocycles. The molecule has 0 saturated carbocycles. The van der Waals surface area contributed by atoms with E-state index in [1.807, 2.05) is 59.3 Å². The number of nitriles is 1. The normalized spacial score (nSPS) is 10.8. The van der Waals surface area contributed by atoms with Crippen molar-refractivity contribution in [3.63, 3.8) is 0 Å². The van der Waals surface area contributed by atoms with Crippen LogP contribution in [0.3, 0.4) is 0 Å². The summed E-state index contributed by atoms with van der Waals surface area (Å²) < 4.78 is 2.89. The first-order valence-corrected chi connectivity index (χ1v) is 12.3. The Morgan fingerprint density at radius 1 is 0.941 bits per heavy atom. The first-order valence-electron chi connectivity index (χ1n) is 10.5. The van der Waals surface area contributed by atoms with Crippen molar-refractivity contribution in [1.82, 2.24) is 30.0 Å². The molecule has 0 spiro atoms. The summed E-state index contributed by atoms with van der Waals surface area (Å²) in [7, 11) is 0. The van der Waals surface area contributed by atoms with Gasteiger partial charge in [-0.25, -0.2) is 4.68 Å².